The first-order valence-electron chi connectivity index (χ1n) is 9.09. The predicted octanol–water partition coefficient (Wildman–Crippen LogP) is 4.55. The van der Waals surface area contributed by atoms with Crippen LogP contribution in [0.1, 0.15) is 74.6 Å². The van der Waals surface area contributed by atoms with Crippen molar-refractivity contribution in [3.8, 4) is 0 Å². The second kappa shape index (κ2) is 9.04. The molecule has 0 amide bonds. The lowest BCUT2D eigenvalue weighted by molar-refractivity contribution is -0.0158. The molecule has 0 bridgehead atoms. The lowest BCUT2D eigenvalue weighted by atomic mass is 9.57. The van der Waals surface area contributed by atoms with Crippen molar-refractivity contribution in [3.05, 3.63) is 0 Å². The zero-order valence-electron chi connectivity index (χ0n) is 14.7. The fourth-order valence-electron chi connectivity index (χ4n) is 3.92. The third-order valence-electron chi connectivity index (χ3n) is 5.01. The summed E-state index contributed by atoms with van der Waals surface area (Å²) in [6, 6.07) is 0.649. The molecular formula is C18H40N2. The van der Waals surface area contributed by atoms with E-state index in [1.54, 1.807) is 0 Å². The summed E-state index contributed by atoms with van der Waals surface area (Å²) < 4.78 is 0. The molecule has 0 aromatic rings. The standard InChI is InChI=1S/C16H32N2.C2H6.H2/c1-4-9-18-10-6-16(7-11-18)12-15(13-16)5-8-17-14(2)3;1-2;/h14-15,17H,4-13H2,1-3H3;1-2H3;1H. The molecule has 0 aromatic heterocycles. The van der Waals surface area contributed by atoms with Crippen molar-refractivity contribution in [3.63, 3.8) is 0 Å². The van der Waals surface area contributed by atoms with E-state index in [1.165, 1.54) is 64.7 Å². The smallest absolute Gasteiger partial charge is 0.00103 e. The molecule has 2 nitrogen and oxygen atoms in total. The Labute approximate surface area is 129 Å². The lowest BCUT2D eigenvalue weighted by Crippen LogP contribution is -2.47. The predicted molar refractivity (Wildman–Crippen MR) is 92.3 cm³/mol. The van der Waals surface area contributed by atoms with Crippen molar-refractivity contribution in [1.29, 1.82) is 0 Å². The van der Waals surface area contributed by atoms with Gasteiger partial charge >= 0.3 is 0 Å². The first-order valence-corrected chi connectivity index (χ1v) is 9.09. The molecule has 2 fully saturated rings. The first kappa shape index (κ1) is 18.0. The second-order valence-electron chi connectivity index (χ2n) is 7.01. The molecule has 1 saturated carbocycles. The fourth-order valence-corrected chi connectivity index (χ4v) is 3.92. The monoisotopic (exact) mass is 284 g/mol. The van der Waals surface area contributed by atoms with Crippen molar-refractivity contribution in [2.45, 2.75) is 79.2 Å². The molecule has 2 heteroatoms. The maximum absolute atomic E-state index is 3.55. The van der Waals surface area contributed by atoms with Crippen LogP contribution in [0.15, 0.2) is 0 Å². The van der Waals surface area contributed by atoms with Crippen LogP contribution in [0.3, 0.4) is 0 Å². The molecule has 1 saturated heterocycles. The summed E-state index contributed by atoms with van der Waals surface area (Å²) in [5.74, 6) is 1.02. The van der Waals surface area contributed by atoms with Crippen molar-refractivity contribution in [2.24, 2.45) is 11.3 Å². The molecule has 2 rings (SSSR count). The van der Waals surface area contributed by atoms with Crippen LogP contribution < -0.4 is 5.32 Å². The minimum absolute atomic E-state index is 0. The summed E-state index contributed by atoms with van der Waals surface area (Å²) in [6.07, 6.45) is 8.71. The lowest BCUT2D eigenvalue weighted by Gasteiger charge is -2.52. The Kier molecular flexibility index (Phi) is 8.13. The average molecular weight is 285 g/mol. The van der Waals surface area contributed by atoms with Gasteiger partial charge in [-0.25, -0.2) is 0 Å². The highest BCUT2D eigenvalue weighted by atomic mass is 15.1. The van der Waals surface area contributed by atoms with E-state index in [0.717, 1.165) is 11.3 Å². The first-order chi connectivity index (χ1) is 9.63. The fraction of sp³-hybridized carbons (Fsp3) is 1.00. The highest BCUT2D eigenvalue weighted by molar-refractivity contribution is 4.97. The van der Waals surface area contributed by atoms with Gasteiger partial charge in [-0.05, 0) is 76.0 Å². The summed E-state index contributed by atoms with van der Waals surface area (Å²) in [7, 11) is 0. The number of rotatable bonds is 6. The van der Waals surface area contributed by atoms with E-state index in [4.69, 9.17) is 0 Å². The zero-order chi connectivity index (χ0) is 15.0. The van der Waals surface area contributed by atoms with Crippen LogP contribution in [0, 0.1) is 11.3 Å². The Morgan fingerprint density at radius 1 is 1.20 bits per heavy atom. The van der Waals surface area contributed by atoms with Crippen LogP contribution in [-0.2, 0) is 0 Å². The Bertz CT molecular complexity index is 240. The topological polar surface area (TPSA) is 15.3 Å². The summed E-state index contributed by atoms with van der Waals surface area (Å²) in [4.78, 5) is 2.67. The van der Waals surface area contributed by atoms with Crippen LogP contribution in [0.2, 0.25) is 0 Å². The third-order valence-corrected chi connectivity index (χ3v) is 5.01. The van der Waals surface area contributed by atoms with Gasteiger partial charge in [-0.15, -0.1) is 0 Å². The highest BCUT2D eigenvalue weighted by Gasteiger charge is 2.44. The molecule has 1 aliphatic heterocycles. The molecule has 1 spiro atoms. The van der Waals surface area contributed by atoms with Gasteiger partial charge in [0, 0.05) is 7.47 Å². The van der Waals surface area contributed by atoms with E-state index < -0.39 is 0 Å². The van der Waals surface area contributed by atoms with E-state index in [1.807, 2.05) is 13.8 Å². The highest BCUT2D eigenvalue weighted by Crippen LogP contribution is 2.53. The van der Waals surface area contributed by atoms with Gasteiger partial charge < -0.3 is 10.2 Å². The van der Waals surface area contributed by atoms with Crippen molar-refractivity contribution < 1.29 is 1.43 Å². The van der Waals surface area contributed by atoms with E-state index in [0.29, 0.717) is 6.04 Å². The third kappa shape index (κ3) is 5.37. The molecule has 1 aliphatic carbocycles. The largest absolute Gasteiger partial charge is 0.315 e. The van der Waals surface area contributed by atoms with Gasteiger partial charge in [-0.1, -0.05) is 34.6 Å². The number of nitrogens with one attached hydrogen (secondary N) is 1. The summed E-state index contributed by atoms with van der Waals surface area (Å²) in [5, 5.41) is 3.55. The molecule has 20 heavy (non-hydrogen) atoms. The molecule has 122 valence electrons. The Morgan fingerprint density at radius 3 is 2.30 bits per heavy atom. The van der Waals surface area contributed by atoms with Crippen LogP contribution in [0.25, 0.3) is 0 Å². The van der Waals surface area contributed by atoms with Gasteiger partial charge in [0.1, 0.15) is 0 Å². The molecule has 2 aliphatic rings. The Morgan fingerprint density at radius 2 is 1.80 bits per heavy atom. The van der Waals surface area contributed by atoms with Crippen LogP contribution in [0.4, 0.5) is 0 Å². The van der Waals surface area contributed by atoms with E-state index in [2.05, 4.69) is 31.0 Å². The normalized spacial score (nSPS) is 22.5. The molecular weight excluding hydrogens is 244 g/mol. The van der Waals surface area contributed by atoms with E-state index >= 15 is 0 Å². The van der Waals surface area contributed by atoms with Gasteiger partial charge in [-0.2, -0.15) is 0 Å². The molecule has 0 radical (unpaired) electrons. The number of likely N-dealkylation sites (tertiary alicyclic amines) is 1. The van der Waals surface area contributed by atoms with Crippen molar-refractivity contribution in [1.82, 2.24) is 10.2 Å². The van der Waals surface area contributed by atoms with Crippen LogP contribution in [-0.4, -0.2) is 37.1 Å². The maximum atomic E-state index is 3.55. The molecule has 1 N–H and O–H groups in total. The summed E-state index contributed by atoms with van der Waals surface area (Å²) >= 11 is 0. The second-order valence-corrected chi connectivity index (χ2v) is 7.01. The molecule has 0 unspecified atom stereocenters. The quantitative estimate of drug-likeness (QED) is 0.770. The molecule has 0 atom stereocenters. The number of hydrogen-bond acceptors (Lipinski definition) is 2. The summed E-state index contributed by atoms with van der Waals surface area (Å²) in [6.45, 7) is 16.1. The van der Waals surface area contributed by atoms with Gasteiger partial charge in [0.05, 0.1) is 0 Å². The number of hydrogen-bond donors (Lipinski definition) is 1. The number of piperidine rings is 1. The molecule has 0 aromatic carbocycles. The van der Waals surface area contributed by atoms with Gasteiger partial charge in [0.15, 0.2) is 0 Å². The zero-order valence-corrected chi connectivity index (χ0v) is 14.7. The van der Waals surface area contributed by atoms with Crippen molar-refractivity contribution >= 4 is 0 Å². The Hall–Kier alpha value is -0.0800. The SMILES string of the molecule is CC.CCCN1CCC2(CC1)CC(CCNC(C)C)C2.[HH]. The van der Waals surface area contributed by atoms with Gasteiger partial charge in [-0.3, -0.25) is 0 Å². The van der Waals surface area contributed by atoms with Crippen LogP contribution in [0.5, 0.6) is 0 Å². The van der Waals surface area contributed by atoms with Crippen LogP contribution >= 0.6 is 0 Å². The molecule has 1 heterocycles. The minimum Gasteiger partial charge on any atom is -0.315 e. The van der Waals surface area contributed by atoms with Crippen molar-refractivity contribution in [2.75, 3.05) is 26.2 Å². The summed E-state index contributed by atoms with van der Waals surface area (Å²) in [5.41, 5.74) is 0.771. The van der Waals surface area contributed by atoms with Gasteiger partial charge in [0.25, 0.3) is 0 Å². The maximum Gasteiger partial charge on any atom is 0.00103 e. The Balaban J connectivity index is 0.00000128. The van der Waals surface area contributed by atoms with Gasteiger partial charge in [0.2, 0.25) is 0 Å². The van der Waals surface area contributed by atoms with E-state index in [9.17, 15) is 0 Å². The minimum atomic E-state index is 0. The average Bonchev–Trinajstić information content (AvgIpc) is 2.41. The number of nitrogens with zero attached hydrogens (tertiary/aromatic N) is 1. The van der Waals surface area contributed by atoms with E-state index in [-0.39, 0.29) is 1.43 Å².